The number of carbonyl (C=O) groups excluding carboxylic acids is 1. The van der Waals surface area contributed by atoms with Crippen molar-refractivity contribution in [3.63, 3.8) is 0 Å². The molecule has 6 nitrogen and oxygen atoms in total. The smallest absolute Gasteiger partial charge is 0.255 e. The van der Waals surface area contributed by atoms with Crippen molar-refractivity contribution in [1.82, 2.24) is 0 Å². The van der Waals surface area contributed by atoms with E-state index in [1.807, 2.05) is 66.4 Å². The number of carbonyl (C=O) groups is 1. The van der Waals surface area contributed by atoms with Crippen molar-refractivity contribution in [2.45, 2.75) is 50.3 Å². The number of rotatable bonds is 8. The minimum Gasteiger partial charge on any atom is -0.494 e. The average Bonchev–Trinajstić information content (AvgIpc) is 3.26. The van der Waals surface area contributed by atoms with Gasteiger partial charge in [0, 0.05) is 17.0 Å². The second-order valence-corrected chi connectivity index (χ2v) is 11.8. The number of unbranched alkanes of at least 4 members (excludes halogenated alkanes) is 1. The molecule has 2 aliphatic heterocycles. The lowest BCUT2D eigenvalue weighted by Crippen LogP contribution is -2.37. The zero-order valence-corrected chi connectivity index (χ0v) is 20.6. The second kappa shape index (κ2) is 10.3. The summed E-state index contributed by atoms with van der Waals surface area (Å²) in [5.74, 6) is 0.378. The van der Waals surface area contributed by atoms with Crippen LogP contribution < -0.4 is 9.64 Å². The fourth-order valence-corrected chi connectivity index (χ4v) is 8.25. The minimum atomic E-state index is -3.12. The van der Waals surface area contributed by atoms with E-state index in [1.165, 1.54) is 11.8 Å². The van der Waals surface area contributed by atoms with Crippen molar-refractivity contribution in [1.29, 1.82) is 0 Å². The maximum Gasteiger partial charge on any atom is 0.255 e. The Balaban J connectivity index is 1.66. The lowest BCUT2D eigenvalue weighted by Gasteiger charge is -2.25. The molecular formula is C25H30N2O4S2. The van der Waals surface area contributed by atoms with Crippen LogP contribution in [0.4, 0.5) is 5.69 Å². The van der Waals surface area contributed by atoms with E-state index in [0.717, 1.165) is 29.8 Å². The van der Waals surface area contributed by atoms with E-state index in [9.17, 15) is 13.2 Å². The third-order valence-corrected chi connectivity index (χ3v) is 9.25. The molecule has 2 aromatic rings. The quantitative estimate of drug-likeness (QED) is 0.505. The molecule has 2 saturated heterocycles. The Morgan fingerprint density at radius 2 is 1.94 bits per heavy atom. The van der Waals surface area contributed by atoms with Crippen molar-refractivity contribution >= 4 is 38.4 Å². The van der Waals surface area contributed by atoms with Crippen LogP contribution in [0.3, 0.4) is 0 Å². The molecule has 2 aromatic carbocycles. The topological polar surface area (TPSA) is 76.0 Å². The van der Waals surface area contributed by atoms with Gasteiger partial charge >= 0.3 is 0 Å². The Morgan fingerprint density at radius 1 is 1.15 bits per heavy atom. The van der Waals surface area contributed by atoms with Gasteiger partial charge in [-0.15, -0.1) is 0 Å². The lowest BCUT2D eigenvalue weighted by molar-refractivity contribution is -0.119. The number of nitrogens with zero attached hydrogens (tertiary/aromatic N) is 2. The molecule has 1 amide bonds. The standard InChI is InChI=1S/C25H30N2O4S2/c1-3-5-14-31-20-13-9-12-19(15-20)27-22-16-33(29,30)17-23(22)32-25(27)26-24(28)21(4-2)18-10-7-6-8-11-18/h6-13,15,21-23H,3-5,14,16-17H2,1-2H3. The van der Waals surface area contributed by atoms with Crippen molar-refractivity contribution < 1.29 is 17.9 Å². The van der Waals surface area contributed by atoms with E-state index in [2.05, 4.69) is 11.9 Å². The van der Waals surface area contributed by atoms with Crippen molar-refractivity contribution in [2.24, 2.45) is 4.99 Å². The van der Waals surface area contributed by atoms with Crippen LogP contribution in [0.5, 0.6) is 5.75 Å². The molecule has 33 heavy (non-hydrogen) atoms. The van der Waals surface area contributed by atoms with Crippen LogP contribution in [0.15, 0.2) is 59.6 Å². The third-order valence-electron chi connectivity index (χ3n) is 6.04. The summed E-state index contributed by atoms with van der Waals surface area (Å²) in [5.41, 5.74) is 1.75. The van der Waals surface area contributed by atoms with Crippen LogP contribution in [-0.4, -0.2) is 48.9 Å². The SMILES string of the molecule is CCCCOc1cccc(N2C(=NC(=O)C(CC)c3ccccc3)SC3CS(=O)(=O)CC32)c1. The number of anilines is 1. The highest BCUT2D eigenvalue weighted by atomic mass is 32.2. The Morgan fingerprint density at radius 3 is 2.67 bits per heavy atom. The van der Waals surface area contributed by atoms with Crippen molar-refractivity contribution in [3.05, 3.63) is 60.2 Å². The molecule has 4 rings (SSSR count). The van der Waals surface area contributed by atoms with E-state index in [0.29, 0.717) is 18.2 Å². The molecule has 2 heterocycles. The summed E-state index contributed by atoms with van der Waals surface area (Å²) in [7, 11) is -3.12. The maximum absolute atomic E-state index is 13.2. The van der Waals surface area contributed by atoms with Crippen LogP contribution in [0, 0.1) is 0 Å². The molecule has 0 spiro atoms. The van der Waals surface area contributed by atoms with Crippen LogP contribution >= 0.6 is 11.8 Å². The normalized spacial score (nSPS) is 23.5. The van der Waals surface area contributed by atoms with E-state index in [4.69, 9.17) is 4.74 Å². The van der Waals surface area contributed by atoms with E-state index < -0.39 is 9.84 Å². The van der Waals surface area contributed by atoms with E-state index in [-0.39, 0.29) is 34.6 Å². The second-order valence-electron chi connectivity index (χ2n) is 8.47. The fourth-order valence-electron chi connectivity index (χ4n) is 4.33. The third kappa shape index (κ3) is 5.44. The molecule has 0 saturated carbocycles. The number of benzene rings is 2. The monoisotopic (exact) mass is 486 g/mol. The van der Waals surface area contributed by atoms with E-state index >= 15 is 0 Å². The summed E-state index contributed by atoms with van der Waals surface area (Å²) < 4.78 is 30.6. The van der Waals surface area contributed by atoms with Gasteiger partial charge in [-0.25, -0.2) is 8.42 Å². The van der Waals surface area contributed by atoms with Gasteiger partial charge in [0.05, 0.1) is 30.1 Å². The molecule has 176 valence electrons. The predicted octanol–water partition coefficient (Wildman–Crippen LogP) is 4.66. The summed E-state index contributed by atoms with van der Waals surface area (Å²) in [4.78, 5) is 19.7. The first-order valence-electron chi connectivity index (χ1n) is 11.5. The number of amidine groups is 1. The fraction of sp³-hybridized carbons (Fsp3) is 0.440. The summed E-state index contributed by atoms with van der Waals surface area (Å²) in [5, 5.41) is 0.438. The molecule has 8 heteroatoms. The van der Waals surface area contributed by atoms with Gasteiger partial charge in [-0.1, -0.05) is 68.4 Å². The van der Waals surface area contributed by atoms with Crippen LogP contribution in [0.25, 0.3) is 0 Å². The van der Waals surface area contributed by atoms with Gasteiger partial charge in [-0.2, -0.15) is 4.99 Å². The highest BCUT2D eigenvalue weighted by molar-refractivity contribution is 8.16. The van der Waals surface area contributed by atoms with Crippen LogP contribution in [-0.2, 0) is 14.6 Å². The zero-order chi connectivity index (χ0) is 23.4. The molecule has 0 N–H and O–H groups in total. The summed E-state index contributed by atoms with van der Waals surface area (Å²) >= 11 is 1.40. The van der Waals surface area contributed by atoms with Gasteiger partial charge in [-0.3, -0.25) is 4.79 Å². The van der Waals surface area contributed by atoms with Gasteiger partial charge in [-0.05, 0) is 30.5 Å². The Labute approximate surface area is 200 Å². The number of fused-ring (bicyclic) bond motifs is 1. The molecule has 0 radical (unpaired) electrons. The molecule has 0 bridgehead atoms. The Bertz CT molecular complexity index is 1120. The molecule has 2 aliphatic rings. The number of hydrogen-bond donors (Lipinski definition) is 0. The number of amides is 1. The summed E-state index contributed by atoms with van der Waals surface area (Å²) in [6, 6.07) is 17.1. The Hall–Kier alpha value is -2.32. The predicted molar refractivity (Wildman–Crippen MR) is 135 cm³/mol. The van der Waals surface area contributed by atoms with E-state index in [1.54, 1.807) is 0 Å². The molecule has 2 fully saturated rings. The number of sulfone groups is 1. The highest BCUT2D eigenvalue weighted by Crippen LogP contribution is 2.42. The molecule has 3 atom stereocenters. The molecule has 0 aromatic heterocycles. The zero-order valence-electron chi connectivity index (χ0n) is 19.0. The highest BCUT2D eigenvalue weighted by Gasteiger charge is 2.49. The minimum absolute atomic E-state index is 0.0642. The summed E-state index contributed by atoms with van der Waals surface area (Å²) in [6.07, 6.45) is 2.65. The molecule has 0 aliphatic carbocycles. The van der Waals surface area contributed by atoms with Crippen LogP contribution in [0.2, 0.25) is 0 Å². The van der Waals surface area contributed by atoms with Crippen molar-refractivity contribution in [3.8, 4) is 5.75 Å². The Kier molecular flexibility index (Phi) is 7.44. The number of ether oxygens (including phenoxy) is 1. The van der Waals surface area contributed by atoms with Gasteiger partial charge in [0.2, 0.25) is 0 Å². The average molecular weight is 487 g/mol. The van der Waals surface area contributed by atoms with Gasteiger partial charge in [0.1, 0.15) is 5.75 Å². The molecular weight excluding hydrogens is 456 g/mol. The molecule has 3 unspecified atom stereocenters. The lowest BCUT2D eigenvalue weighted by atomic mass is 9.96. The first-order chi connectivity index (χ1) is 15.9. The number of aliphatic imine (C=N–C) groups is 1. The van der Waals surface area contributed by atoms with Gasteiger partial charge < -0.3 is 9.64 Å². The van der Waals surface area contributed by atoms with Gasteiger partial charge in [0.15, 0.2) is 15.0 Å². The van der Waals surface area contributed by atoms with Crippen LogP contribution in [0.1, 0.15) is 44.6 Å². The summed E-state index contributed by atoms with van der Waals surface area (Å²) in [6.45, 7) is 4.72. The number of thioether (sulfide) groups is 1. The largest absolute Gasteiger partial charge is 0.494 e. The first kappa shape index (κ1) is 23.8. The van der Waals surface area contributed by atoms with Crippen molar-refractivity contribution in [2.75, 3.05) is 23.0 Å². The van der Waals surface area contributed by atoms with Gasteiger partial charge in [0.25, 0.3) is 5.91 Å². The number of hydrogen-bond acceptors (Lipinski definition) is 5. The first-order valence-corrected chi connectivity index (χ1v) is 14.2. The maximum atomic E-state index is 13.2.